The lowest BCUT2D eigenvalue weighted by Crippen LogP contribution is -2.26. The average molecular weight is 364 g/mol. The van der Waals surface area contributed by atoms with Crippen LogP contribution in [0.4, 0.5) is 11.4 Å². The second-order valence-corrected chi connectivity index (χ2v) is 7.43. The molecule has 0 aliphatic carbocycles. The van der Waals surface area contributed by atoms with Crippen LogP contribution in [0, 0.1) is 0 Å². The predicted octanol–water partition coefficient (Wildman–Crippen LogP) is 6.98. The largest absolute Gasteiger partial charge is 0.356 e. The summed E-state index contributed by atoms with van der Waals surface area (Å²) in [6, 6.07) is 40.7. The van der Waals surface area contributed by atoms with Gasteiger partial charge in [-0.15, -0.1) is 0 Å². The minimum atomic E-state index is -0.0725. The SMILES string of the molecule is CC(Cc1ccc(Nc2ccccc2)cc1)(c1ccccc1)c1ccccc1. The summed E-state index contributed by atoms with van der Waals surface area (Å²) in [5.41, 5.74) is 6.15. The van der Waals surface area contributed by atoms with Gasteiger partial charge in [0.2, 0.25) is 0 Å². The van der Waals surface area contributed by atoms with Crippen LogP contribution in [0.15, 0.2) is 115 Å². The van der Waals surface area contributed by atoms with Crippen molar-refractivity contribution < 1.29 is 0 Å². The molecule has 4 rings (SSSR count). The van der Waals surface area contributed by atoms with Gasteiger partial charge in [0.25, 0.3) is 0 Å². The van der Waals surface area contributed by atoms with E-state index in [0.717, 1.165) is 17.8 Å². The van der Waals surface area contributed by atoms with Gasteiger partial charge in [0.05, 0.1) is 0 Å². The third-order valence-corrected chi connectivity index (χ3v) is 5.40. The van der Waals surface area contributed by atoms with Crippen LogP contribution in [0.25, 0.3) is 0 Å². The molecule has 0 aliphatic heterocycles. The van der Waals surface area contributed by atoms with Gasteiger partial charge in [-0.3, -0.25) is 0 Å². The Bertz CT molecular complexity index is 951. The number of hydrogen-bond acceptors (Lipinski definition) is 1. The zero-order chi connectivity index (χ0) is 19.2. The maximum Gasteiger partial charge on any atom is 0.0384 e. The first kappa shape index (κ1) is 18.1. The predicted molar refractivity (Wildman–Crippen MR) is 119 cm³/mol. The number of benzene rings is 4. The lowest BCUT2D eigenvalue weighted by atomic mass is 9.72. The lowest BCUT2D eigenvalue weighted by molar-refractivity contribution is 0.567. The summed E-state index contributed by atoms with van der Waals surface area (Å²) >= 11 is 0. The second kappa shape index (κ2) is 8.14. The highest BCUT2D eigenvalue weighted by atomic mass is 14.9. The van der Waals surface area contributed by atoms with Crippen molar-refractivity contribution in [2.45, 2.75) is 18.8 Å². The van der Waals surface area contributed by atoms with E-state index in [1.807, 2.05) is 18.2 Å². The third kappa shape index (κ3) is 3.99. The molecule has 4 aromatic carbocycles. The van der Waals surface area contributed by atoms with E-state index in [1.165, 1.54) is 16.7 Å². The van der Waals surface area contributed by atoms with Crippen molar-refractivity contribution in [3.8, 4) is 0 Å². The summed E-state index contributed by atoms with van der Waals surface area (Å²) in [5.74, 6) is 0. The molecule has 0 radical (unpaired) electrons. The molecular weight excluding hydrogens is 338 g/mol. The van der Waals surface area contributed by atoms with Crippen LogP contribution < -0.4 is 5.32 Å². The van der Waals surface area contributed by atoms with Crippen LogP contribution in [-0.4, -0.2) is 0 Å². The molecule has 138 valence electrons. The Morgan fingerprint density at radius 3 is 1.46 bits per heavy atom. The summed E-state index contributed by atoms with van der Waals surface area (Å²) in [4.78, 5) is 0. The Morgan fingerprint density at radius 2 is 0.964 bits per heavy atom. The molecule has 4 aromatic rings. The van der Waals surface area contributed by atoms with Crippen LogP contribution in [-0.2, 0) is 11.8 Å². The van der Waals surface area contributed by atoms with E-state index in [9.17, 15) is 0 Å². The number of para-hydroxylation sites is 1. The molecule has 0 aliphatic rings. The van der Waals surface area contributed by atoms with Crippen molar-refractivity contribution in [2.24, 2.45) is 0 Å². The number of rotatable bonds is 6. The van der Waals surface area contributed by atoms with Gasteiger partial charge in [0.15, 0.2) is 0 Å². The molecule has 1 heteroatoms. The third-order valence-electron chi connectivity index (χ3n) is 5.40. The normalized spacial score (nSPS) is 11.2. The first-order valence-corrected chi connectivity index (χ1v) is 9.76. The average Bonchev–Trinajstić information content (AvgIpc) is 2.77. The molecule has 0 aromatic heterocycles. The molecule has 0 spiro atoms. The standard InChI is InChI=1S/C27H25N/c1-27(23-11-5-2-6-12-23,24-13-7-3-8-14-24)21-22-17-19-26(20-18-22)28-25-15-9-4-10-16-25/h2-20,28H,21H2,1H3. The zero-order valence-corrected chi connectivity index (χ0v) is 16.2. The van der Waals surface area contributed by atoms with Crippen LogP contribution in [0.1, 0.15) is 23.6 Å². The molecule has 0 saturated carbocycles. The molecule has 0 saturated heterocycles. The van der Waals surface area contributed by atoms with Crippen LogP contribution in [0.2, 0.25) is 0 Å². The van der Waals surface area contributed by atoms with Crippen LogP contribution in [0.5, 0.6) is 0 Å². The minimum absolute atomic E-state index is 0.0725. The first-order chi connectivity index (χ1) is 13.7. The van der Waals surface area contributed by atoms with E-state index in [0.29, 0.717) is 0 Å². The van der Waals surface area contributed by atoms with Crippen molar-refractivity contribution in [3.63, 3.8) is 0 Å². The summed E-state index contributed by atoms with van der Waals surface area (Å²) in [5, 5.41) is 3.46. The molecule has 1 N–H and O–H groups in total. The van der Waals surface area contributed by atoms with Gasteiger partial charge in [-0.1, -0.05) is 97.9 Å². The summed E-state index contributed by atoms with van der Waals surface area (Å²) in [7, 11) is 0. The van der Waals surface area contributed by atoms with Crippen molar-refractivity contribution >= 4 is 11.4 Å². The molecule has 0 bridgehead atoms. The van der Waals surface area contributed by atoms with Gasteiger partial charge in [-0.05, 0) is 47.4 Å². The fourth-order valence-corrected chi connectivity index (χ4v) is 3.79. The van der Waals surface area contributed by atoms with Gasteiger partial charge >= 0.3 is 0 Å². The summed E-state index contributed by atoms with van der Waals surface area (Å²) in [6.07, 6.45) is 0.951. The molecule has 0 unspecified atom stereocenters. The van der Waals surface area contributed by atoms with Crippen molar-refractivity contribution in [3.05, 3.63) is 132 Å². The lowest BCUT2D eigenvalue weighted by Gasteiger charge is -2.31. The molecule has 28 heavy (non-hydrogen) atoms. The van der Waals surface area contributed by atoms with Gasteiger partial charge in [-0.2, -0.15) is 0 Å². The van der Waals surface area contributed by atoms with Gasteiger partial charge < -0.3 is 5.32 Å². The zero-order valence-electron chi connectivity index (χ0n) is 16.2. The highest BCUT2D eigenvalue weighted by molar-refractivity contribution is 5.59. The fourth-order valence-electron chi connectivity index (χ4n) is 3.79. The van der Waals surface area contributed by atoms with E-state index in [1.54, 1.807) is 0 Å². The molecule has 0 amide bonds. The van der Waals surface area contributed by atoms with Crippen LogP contribution >= 0.6 is 0 Å². The maximum absolute atomic E-state index is 3.46. The quantitative estimate of drug-likeness (QED) is 0.390. The Balaban J connectivity index is 1.61. The summed E-state index contributed by atoms with van der Waals surface area (Å²) < 4.78 is 0. The van der Waals surface area contributed by atoms with E-state index in [4.69, 9.17) is 0 Å². The van der Waals surface area contributed by atoms with E-state index < -0.39 is 0 Å². The minimum Gasteiger partial charge on any atom is -0.356 e. The maximum atomic E-state index is 3.46. The smallest absolute Gasteiger partial charge is 0.0384 e. The number of nitrogens with one attached hydrogen (secondary N) is 1. The van der Waals surface area contributed by atoms with E-state index in [-0.39, 0.29) is 5.41 Å². The van der Waals surface area contributed by atoms with Crippen molar-refractivity contribution in [2.75, 3.05) is 5.32 Å². The van der Waals surface area contributed by atoms with Crippen LogP contribution in [0.3, 0.4) is 0 Å². The van der Waals surface area contributed by atoms with Crippen molar-refractivity contribution in [1.82, 2.24) is 0 Å². The Hall–Kier alpha value is -3.32. The highest BCUT2D eigenvalue weighted by Crippen LogP contribution is 2.35. The molecular formula is C27H25N. The Labute approximate surface area is 167 Å². The molecule has 1 nitrogen and oxygen atoms in total. The van der Waals surface area contributed by atoms with E-state index >= 15 is 0 Å². The number of hydrogen-bond donors (Lipinski definition) is 1. The second-order valence-electron chi connectivity index (χ2n) is 7.43. The van der Waals surface area contributed by atoms with E-state index in [2.05, 4.69) is 109 Å². The summed E-state index contributed by atoms with van der Waals surface area (Å²) in [6.45, 7) is 2.34. The van der Waals surface area contributed by atoms with Gasteiger partial charge in [0.1, 0.15) is 0 Å². The Kier molecular flexibility index (Phi) is 5.25. The molecule has 0 fully saturated rings. The Morgan fingerprint density at radius 1 is 0.536 bits per heavy atom. The van der Waals surface area contributed by atoms with Crippen molar-refractivity contribution in [1.29, 1.82) is 0 Å². The highest BCUT2D eigenvalue weighted by Gasteiger charge is 2.28. The monoisotopic (exact) mass is 363 g/mol. The topological polar surface area (TPSA) is 12.0 Å². The molecule has 0 atom stereocenters. The number of anilines is 2. The fraction of sp³-hybridized carbons (Fsp3) is 0.111. The van der Waals surface area contributed by atoms with Gasteiger partial charge in [0, 0.05) is 16.8 Å². The van der Waals surface area contributed by atoms with Gasteiger partial charge in [-0.25, -0.2) is 0 Å². The first-order valence-electron chi connectivity index (χ1n) is 9.76. The molecule has 0 heterocycles.